The monoisotopic (exact) mass is 325 g/mol. The summed E-state index contributed by atoms with van der Waals surface area (Å²) in [5.41, 5.74) is 1.56. The lowest BCUT2D eigenvalue weighted by Crippen LogP contribution is -2.58. The van der Waals surface area contributed by atoms with Gasteiger partial charge in [-0.2, -0.15) is 0 Å². The Hall–Kier alpha value is -2.14. The van der Waals surface area contributed by atoms with Gasteiger partial charge in [0.2, 0.25) is 5.91 Å². The molecule has 0 radical (unpaired) electrons. The number of hydrogen-bond acceptors (Lipinski definition) is 4. The Kier molecular flexibility index (Phi) is 3.88. The Morgan fingerprint density at radius 2 is 2.12 bits per heavy atom. The highest BCUT2D eigenvalue weighted by Crippen LogP contribution is 2.37. The molecule has 5 heteroatoms. The van der Waals surface area contributed by atoms with Crippen molar-refractivity contribution >= 4 is 16.8 Å². The number of benzene rings is 1. The van der Waals surface area contributed by atoms with Gasteiger partial charge in [0.05, 0.1) is 12.8 Å². The SMILES string of the molecule is COc1cccc2ccc(CN3CCCC34CCCNC4=O)nc12. The van der Waals surface area contributed by atoms with E-state index in [1.54, 1.807) is 7.11 Å². The minimum Gasteiger partial charge on any atom is -0.494 e. The fraction of sp³-hybridized carbons (Fsp3) is 0.474. The molecule has 1 unspecified atom stereocenters. The standard InChI is InChI=1S/C19H23N3O2/c1-24-16-6-2-5-14-7-8-15(21-17(14)16)13-22-12-4-10-19(22)9-3-11-20-18(19)23/h2,5-8H,3-4,9-13H2,1H3,(H,20,23). The molecule has 2 fully saturated rings. The van der Waals surface area contributed by atoms with Crippen molar-refractivity contribution in [2.45, 2.75) is 37.8 Å². The predicted octanol–water partition coefficient (Wildman–Crippen LogP) is 2.49. The number of rotatable bonds is 3. The van der Waals surface area contributed by atoms with Crippen LogP contribution < -0.4 is 10.1 Å². The normalized spacial score (nSPS) is 24.5. The summed E-state index contributed by atoms with van der Waals surface area (Å²) in [6.07, 6.45) is 4.04. The number of nitrogens with one attached hydrogen (secondary N) is 1. The number of piperidine rings is 1. The number of carbonyl (C=O) groups excluding carboxylic acids is 1. The van der Waals surface area contributed by atoms with Crippen LogP contribution in [-0.2, 0) is 11.3 Å². The van der Waals surface area contributed by atoms with Crippen molar-refractivity contribution < 1.29 is 9.53 Å². The maximum absolute atomic E-state index is 12.5. The summed E-state index contributed by atoms with van der Waals surface area (Å²) in [6.45, 7) is 2.47. The van der Waals surface area contributed by atoms with Crippen LogP contribution in [0.3, 0.4) is 0 Å². The van der Waals surface area contributed by atoms with E-state index >= 15 is 0 Å². The lowest BCUT2D eigenvalue weighted by molar-refractivity contribution is -0.134. The topological polar surface area (TPSA) is 54.5 Å². The minimum absolute atomic E-state index is 0.199. The zero-order valence-corrected chi connectivity index (χ0v) is 14.0. The van der Waals surface area contributed by atoms with E-state index in [-0.39, 0.29) is 11.4 Å². The van der Waals surface area contributed by atoms with Gasteiger partial charge in [0, 0.05) is 18.5 Å². The molecular formula is C19H23N3O2. The maximum Gasteiger partial charge on any atom is 0.240 e. The molecule has 1 aromatic carbocycles. The van der Waals surface area contributed by atoms with Crippen molar-refractivity contribution in [2.24, 2.45) is 0 Å². The number of amides is 1. The first-order valence-corrected chi connectivity index (χ1v) is 8.69. The average Bonchev–Trinajstić information content (AvgIpc) is 3.00. The molecule has 3 heterocycles. The van der Waals surface area contributed by atoms with Crippen molar-refractivity contribution in [3.8, 4) is 5.75 Å². The molecule has 1 N–H and O–H groups in total. The number of nitrogens with zero attached hydrogens (tertiary/aromatic N) is 2. The van der Waals surface area contributed by atoms with Crippen LogP contribution in [0.25, 0.3) is 10.9 Å². The van der Waals surface area contributed by atoms with Crippen LogP contribution >= 0.6 is 0 Å². The van der Waals surface area contributed by atoms with Gasteiger partial charge in [-0.1, -0.05) is 18.2 Å². The molecule has 1 aromatic heterocycles. The molecule has 1 spiro atoms. The molecule has 24 heavy (non-hydrogen) atoms. The van der Waals surface area contributed by atoms with Crippen molar-refractivity contribution in [1.82, 2.24) is 15.2 Å². The van der Waals surface area contributed by atoms with E-state index in [9.17, 15) is 4.79 Å². The third kappa shape index (κ3) is 2.44. The fourth-order valence-corrected chi connectivity index (χ4v) is 4.17. The summed E-state index contributed by atoms with van der Waals surface area (Å²) < 4.78 is 5.44. The van der Waals surface area contributed by atoms with Gasteiger partial charge in [-0.3, -0.25) is 9.69 Å². The van der Waals surface area contributed by atoms with Gasteiger partial charge in [-0.25, -0.2) is 4.98 Å². The van der Waals surface area contributed by atoms with Crippen molar-refractivity contribution in [3.05, 3.63) is 36.0 Å². The molecule has 0 bridgehead atoms. The summed E-state index contributed by atoms with van der Waals surface area (Å²) in [5, 5.41) is 4.13. The molecular weight excluding hydrogens is 302 g/mol. The highest BCUT2D eigenvalue weighted by Gasteiger charge is 2.48. The third-order valence-corrected chi connectivity index (χ3v) is 5.41. The first-order valence-electron chi connectivity index (χ1n) is 8.69. The first-order chi connectivity index (χ1) is 11.7. The summed E-state index contributed by atoms with van der Waals surface area (Å²) in [5.74, 6) is 0.991. The predicted molar refractivity (Wildman–Crippen MR) is 92.9 cm³/mol. The molecule has 1 atom stereocenters. The summed E-state index contributed by atoms with van der Waals surface area (Å²) in [7, 11) is 1.67. The number of hydrogen-bond donors (Lipinski definition) is 1. The van der Waals surface area contributed by atoms with E-state index < -0.39 is 0 Å². The number of likely N-dealkylation sites (tertiary alicyclic amines) is 1. The zero-order valence-electron chi connectivity index (χ0n) is 14.0. The number of para-hydroxylation sites is 1. The van der Waals surface area contributed by atoms with E-state index in [2.05, 4.69) is 22.3 Å². The molecule has 2 saturated heterocycles. The third-order valence-electron chi connectivity index (χ3n) is 5.41. The Balaban J connectivity index is 1.65. The van der Waals surface area contributed by atoms with Crippen LogP contribution in [0, 0.1) is 0 Å². The second kappa shape index (κ2) is 6.06. The lowest BCUT2D eigenvalue weighted by Gasteiger charge is -2.40. The smallest absolute Gasteiger partial charge is 0.240 e. The van der Waals surface area contributed by atoms with E-state index in [0.717, 1.165) is 61.1 Å². The second-order valence-corrected chi connectivity index (χ2v) is 6.75. The highest BCUT2D eigenvalue weighted by atomic mass is 16.5. The van der Waals surface area contributed by atoms with Crippen LogP contribution in [0.5, 0.6) is 5.75 Å². The number of aromatic nitrogens is 1. The molecule has 1 amide bonds. The maximum atomic E-state index is 12.5. The van der Waals surface area contributed by atoms with Gasteiger partial charge >= 0.3 is 0 Å². The molecule has 5 nitrogen and oxygen atoms in total. The molecule has 0 aliphatic carbocycles. The number of carbonyl (C=O) groups is 1. The van der Waals surface area contributed by atoms with Crippen molar-refractivity contribution in [1.29, 1.82) is 0 Å². The number of methoxy groups -OCH3 is 1. The molecule has 0 saturated carbocycles. The van der Waals surface area contributed by atoms with Crippen LogP contribution in [0.15, 0.2) is 30.3 Å². The van der Waals surface area contributed by atoms with E-state index in [1.807, 2.05) is 18.2 Å². The fourth-order valence-electron chi connectivity index (χ4n) is 4.17. The quantitative estimate of drug-likeness (QED) is 0.942. The van der Waals surface area contributed by atoms with Gasteiger partial charge in [-0.05, 0) is 44.4 Å². The van der Waals surface area contributed by atoms with Gasteiger partial charge < -0.3 is 10.1 Å². The van der Waals surface area contributed by atoms with Crippen LogP contribution in [0.1, 0.15) is 31.4 Å². The van der Waals surface area contributed by atoms with E-state index in [4.69, 9.17) is 9.72 Å². The van der Waals surface area contributed by atoms with Gasteiger partial charge in [-0.15, -0.1) is 0 Å². The van der Waals surface area contributed by atoms with Gasteiger partial charge in [0.15, 0.2) is 0 Å². The number of ether oxygens (including phenoxy) is 1. The van der Waals surface area contributed by atoms with E-state index in [0.29, 0.717) is 6.54 Å². The number of pyridine rings is 1. The Bertz CT molecular complexity index is 776. The molecule has 4 rings (SSSR count). The minimum atomic E-state index is -0.324. The molecule has 2 aliphatic rings. The molecule has 126 valence electrons. The second-order valence-electron chi connectivity index (χ2n) is 6.75. The Morgan fingerprint density at radius 1 is 1.25 bits per heavy atom. The van der Waals surface area contributed by atoms with Crippen molar-refractivity contribution in [3.63, 3.8) is 0 Å². The highest BCUT2D eigenvalue weighted by molar-refractivity contribution is 5.87. The summed E-state index contributed by atoms with van der Waals surface area (Å²) >= 11 is 0. The lowest BCUT2D eigenvalue weighted by atomic mass is 9.86. The van der Waals surface area contributed by atoms with Crippen molar-refractivity contribution in [2.75, 3.05) is 20.2 Å². The van der Waals surface area contributed by atoms with Crippen LogP contribution in [0.4, 0.5) is 0 Å². The number of fused-ring (bicyclic) bond motifs is 1. The Morgan fingerprint density at radius 3 is 2.96 bits per heavy atom. The average molecular weight is 325 g/mol. The first kappa shape index (κ1) is 15.4. The van der Waals surface area contributed by atoms with Gasteiger partial charge in [0.1, 0.15) is 16.8 Å². The van der Waals surface area contributed by atoms with Gasteiger partial charge in [0.25, 0.3) is 0 Å². The molecule has 2 aromatic rings. The summed E-state index contributed by atoms with van der Waals surface area (Å²) in [4.78, 5) is 19.7. The zero-order chi connectivity index (χ0) is 16.6. The summed E-state index contributed by atoms with van der Waals surface area (Å²) in [6, 6.07) is 10.1. The largest absolute Gasteiger partial charge is 0.494 e. The Labute approximate surface area is 142 Å². The molecule has 2 aliphatic heterocycles. The van der Waals surface area contributed by atoms with Crippen LogP contribution in [0.2, 0.25) is 0 Å². The van der Waals surface area contributed by atoms with Crippen LogP contribution in [-0.4, -0.2) is 41.5 Å². The van der Waals surface area contributed by atoms with E-state index in [1.165, 1.54) is 0 Å².